The average molecular weight is 620 g/mol. The zero-order valence-corrected chi connectivity index (χ0v) is 27.0. The number of benzene rings is 3. The van der Waals surface area contributed by atoms with E-state index in [9.17, 15) is 9.59 Å². The quantitative estimate of drug-likeness (QED) is 0.183. The Kier molecular flexibility index (Phi) is 8.59. The summed E-state index contributed by atoms with van der Waals surface area (Å²) in [5, 5.41) is 0.943. The fourth-order valence-corrected chi connectivity index (χ4v) is 6.93. The molecule has 8 heteroatoms. The summed E-state index contributed by atoms with van der Waals surface area (Å²) in [7, 11) is 1.65. The number of hydrogen-bond acceptors (Lipinski definition) is 6. The van der Waals surface area contributed by atoms with Crippen molar-refractivity contribution in [2.45, 2.75) is 52.5 Å². The largest absolute Gasteiger partial charge is 0.497 e. The van der Waals surface area contributed by atoms with Gasteiger partial charge in [-0.1, -0.05) is 93.1 Å². The van der Waals surface area contributed by atoms with Gasteiger partial charge in [0.25, 0.3) is 5.56 Å². The number of hydrogen-bond donors (Lipinski definition) is 1. The molecule has 0 unspecified atom stereocenters. The lowest BCUT2D eigenvalue weighted by Gasteiger charge is -2.26. The molecule has 0 spiro atoms. The minimum atomic E-state index is -0.651. The van der Waals surface area contributed by atoms with E-state index in [1.165, 1.54) is 16.9 Å². The number of aromatic nitrogens is 2. The number of H-pyrrole nitrogens is 1. The van der Waals surface area contributed by atoms with Gasteiger partial charge in [-0.25, -0.2) is 9.79 Å². The van der Waals surface area contributed by atoms with Gasteiger partial charge in [-0.15, -0.1) is 0 Å². The summed E-state index contributed by atoms with van der Waals surface area (Å²) in [5.74, 6) is 0.641. The van der Waals surface area contributed by atoms with Crippen molar-refractivity contribution in [3.8, 4) is 17.0 Å². The van der Waals surface area contributed by atoms with Crippen molar-refractivity contribution < 1.29 is 14.3 Å². The summed E-state index contributed by atoms with van der Waals surface area (Å²) in [5.41, 5.74) is 6.66. The van der Waals surface area contributed by atoms with Gasteiger partial charge in [0.15, 0.2) is 4.80 Å². The molecule has 6 rings (SSSR count). The van der Waals surface area contributed by atoms with Gasteiger partial charge >= 0.3 is 5.97 Å². The van der Waals surface area contributed by atoms with Gasteiger partial charge in [-0.3, -0.25) is 9.36 Å². The Morgan fingerprint density at radius 1 is 1.07 bits per heavy atom. The van der Waals surface area contributed by atoms with E-state index in [-0.39, 0.29) is 12.2 Å². The van der Waals surface area contributed by atoms with E-state index in [0.717, 1.165) is 45.5 Å². The predicted octanol–water partition coefficient (Wildman–Crippen LogP) is 6.86. The second-order valence-corrected chi connectivity index (χ2v) is 12.4. The molecule has 7 nitrogen and oxygen atoms in total. The van der Waals surface area contributed by atoms with E-state index in [4.69, 9.17) is 14.5 Å². The van der Waals surface area contributed by atoms with E-state index in [1.807, 2.05) is 66.7 Å². The van der Waals surface area contributed by atoms with Crippen LogP contribution >= 0.6 is 11.3 Å². The first-order valence-electron chi connectivity index (χ1n) is 15.4. The molecule has 1 aliphatic heterocycles. The highest BCUT2D eigenvalue weighted by molar-refractivity contribution is 7.07. The number of carbonyl (C=O) groups excluding carboxylic acids is 1. The van der Waals surface area contributed by atoms with Gasteiger partial charge in [-0.05, 0) is 60.2 Å². The van der Waals surface area contributed by atoms with Crippen LogP contribution in [0.2, 0.25) is 0 Å². The van der Waals surface area contributed by atoms with Crippen LogP contribution in [0.25, 0.3) is 28.2 Å². The molecule has 1 atom stereocenters. The first-order chi connectivity index (χ1) is 21.8. The van der Waals surface area contributed by atoms with Crippen molar-refractivity contribution in [3.05, 3.63) is 120 Å². The minimum absolute atomic E-state index is 0.203. The zero-order chi connectivity index (χ0) is 31.7. The number of esters is 1. The molecule has 0 amide bonds. The molecule has 2 aromatic heterocycles. The van der Waals surface area contributed by atoms with Crippen molar-refractivity contribution in [1.29, 1.82) is 0 Å². The Morgan fingerprint density at radius 2 is 1.82 bits per heavy atom. The van der Waals surface area contributed by atoms with Crippen molar-refractivity contribution in [1.82, 2.24) is 9.55 Å². The molecule has 0 aliphatic carbocycles. The maximum absolute atomic E-state index is 14.5. The van der Waals surface area contributed by atoms with Crippen LogP contribution in [0.15, 0.2) is 93.9 Å². The van der Waals surface area contributed by atoms with Crippen LogP contribution in [0.3, 0.4) is 0 Å². The zero-order valence-electron chi connectivity index (χ0n) is 26.2. The molecular formula is C37H37N3O4S. The van der Waals surface area contributed by atoms with E-state index < -0.39 is 12.0 Å². The maximum atomic E-state index is 14.5. The first-order valence-corrected chi connectivity index (χ1v) is 16.2. The Hall–Kier alpha value is -4.69. The summed E-state index contributed by atoms with van der Waals surface area (Å²) >= 11 is 1.34. The lowest BCUT2D eigenvalue weighted by atomic mass is 9.92. The fourth-order valence-electron chi connectivity index (χ4n) is 5.93. The Bertz CT molecular complexity index is 2080. The maximum Gasteiger partial charge on any atom is 0.338 e. The highest BCUT2D eigenvalue weighted by Crippen LogP contribution is 2.35. The number of nitrogens with one attached hydrogen (secondary N) is 1. The van der Waals surface area contributed by atoms with Crippen molar-refractivity contribution in [3.63, 3.8) is 0 Å². The number of aromatic amines is 1. The fraction of sp³-hybridized carbons (Fsp3) is 0.270. The highest BCUT2D eigenvalue weighted by atomic mass is 32.1. The smallest absolute Gasteiger partial charge is 0.338 e. The molecule has 1 aliphatic rings. The van der Waals surface area contributed by atoms with Gasteiger partial charge in [0.1, 0.15) is 5.75 Å². The Labute approximate surface area is 266 Å². The van der Waals surface area contributed by atoms with Crippen LogP contribution in [0.1, 0.15) is 69.2 Å². The summed E-state index contributed by atoms with van der Waals surface area (Å²) in [6.45, 7) is 8.37. The molecule has 45 heavy (non-hydrogen) atoms. The Morgan fingerprint density at radius 3 is 2.49 bits per heavy atom. The third-order valence-electron chi connectivity index (χ3n) is 8.19. The van der Waals surface area contributed by atoms with Crippen molar-refractivity contribution >= 4 is 34.3 Å². The molecule has 0 fully saturated rings. The minimum Gasteiger partial charge on any atom is -0.497 e. The van der Waals surface area contributed by atoms with Gasteiger partial charge < -0.3 is 14.5 Å². The molecule has 0 bridgehead atoms. The Balaban J connectivity index is 1.62. The van der Waals surface area contributed by atoms with E-state index in [0.29, 0.717) is 32.9 Å². The van der Waals surface area contributed by atoms with Gasteiger partial charge in [0.2, 0.25) is 0 Å². The van der Waals surface area contributed by atoms with Crippen LogP contribution < -0.4 is 19.6 Å². The second-order valence-electron chi connectivity index (χ2n) is 11.4. The predicted molar refractivity (Wildman–Crippen MR) is 180 cm³/mol. The topological polar surface area (TPSA) is 85.7 Å². The van der Waals surface area contributed by atoms with E-state index in [1.54, 1.807) is 18.6 Å². The number of fused-ring (bicyclic) bond motifs is 2. The molecule has 3 heterocycles. The first kappa shape index (κ1) is 30.3. The second kappa shape index (κ2) is 12.7. The molecule has 0 radical (unpaired) electrons. The monoisotopic (exact) mass is 619 g/mol. The summed E-state index contributed by atoms with van der Waals surface area (Å²) in [4.78, 5) is 37.1. The molecule has 1 N–H and O–H groups in total. The number of thiazole rings is 1. The van der Waals surface area contributed by atoms with Crippen LogP contribution in [-0.4, -0.2) is 29.2 Å². The van der Waals surface area contributed by atoms with Gasteiger partial charge in [0.05, 0.1) is 41.3 Å². The number of methoxy groups -OCH3 is 1. The third kappa shape index (κ3) is 5.66. The van der Waals surface area contributed by atoms with Gasteiger partial charge in [0, 0.05) is 16.5 Å². The van der Waals surface area contributed by atoms with Crippen LogP contribution in [0.4, 0.5) is 0 Å². The van der Waals surface area contributed by atoms with Crippen molar-refractivity contribution in [2.24, 2.45) is 4.99 Å². The summed E-state index contributed by atoms with van der Waals surface area (Å²) < 4.78 is 13.3. The third-order valence-corrected chi connectivity index (χ3v) is 9.18. The number of allylic oxidation sites excluding steroid dienone is 1. The number of nitrogens with zero attached hydrogens (tertiary/aromatic N) is 2. The lowest BCUT2D eigenvalue weighted by molar-refractivity contribution is -0.139. The molecule has 3 aromatic carbocycles. The molecule has 0 saturated heterocycles. The van der Waals surface area contributed by atoms with Crippen LogP contribution in [-0.2, 0) is 9.53 Å². The van der Waals surface area contributed by atoms with E-state index in [2.05, 4.69) is 37.9 Å². The standard InChI is InChI=1S/C37H37N3O4S/c1-6-11-30-32(36(42)44-7-2)34(25-16-14-23(15-17-25)22(3)4)40-35(41)31(45-37(40)39-30)21-28-27-20-26(43-5)18-19-29(27)38-33(28)24-12-9-8-10-13-24/h8-10,12-22,34,38H,6-7,11H2,1-5H3/b31-21-/t34-/m1/s1. The van der Waals surface area contributed by atoms with Crippen LogP contribution in [0.5, 0.6) is 5.75 Å². The van der Waals surface area contributed by atoms with Gasteiger partial charge in [-0.2, -0.15) is 0 Å². The molecular weight excluding hydrogens is 582 g/mol. The normalized spacial score (nSPS) is 15.0. The molecule has 230 valence electrons. The van der Waals surface area contributed by atoms with Crippen molar-refractivity contribution in [2.75, 3.05) is 13.7 Å². The number of rotatable bonds is 9. The number of ether oxygens (including phenoxy) is 2. The SMILES string of the molecule is CCCC1=C(C(=O)OCC)[C@@H](c2ccc(C(C)C)cc2)n2c(s/c(=C\c3c(-c4ccccc4)[nH]c4ccc(OC)cc34)c2=O)=N1. The highest BCUT2D eigenvalue weighted by Gasteiger charge is 2.34. The molecule has 0 saturated carbocycles. The summed E-state index contributed by atoms with van der Waals surface area (Å²) in [6.07, 6.45) is 3.34. The van der Waals surface area contributed by atoms with E-state index >= 15 is 0 Å². The van der Waals surface area contributed by atoms with Crippen LogP contribution in [0, 0.1) is 0 Å². The average Bonchev–Trinajstić information content (AvgIpc) is 3.57. The lowest BCUT2D eigenvalue weighted by Crippen LogP contribution is -2.40. The summed E-state index contributed by atoms with van der Waals surface area (Å²) in [6, 6.07) is 23.5. The number of carbonyl (C=O) groups is 1. The molecule has 5 aromatic rings.